The van der Waals surface area contributed by atoms with Crippen molar-refractivity contribution in [3.8, 4) is 22.9 Å². The Hall–Kier alpha value is -2.62. The molecule has 0 saturated carbocycles. The van der Waals surface area contributed by atoms with Gasteiger partial charge >= 0.3 is 0 Å². The average molecular weight is 465 g/mol. The van der Waals surface area contributed by atoms with E-state index in [2.05, 4.69) is 38.0 Å². The summed E-state index contributed by atoms with van der Waals surface area (Å²) in [5.41, 5.74) is 1.33. The molecule has 0 atom stereocenters. The molecule has 0 aliphatic heterocycles. The van der Waals surface area contributed by atoms with Crippen LogP contribution in [0.25, 0.3) is 11.4 Å². The van der Waals surface area contributed by atoms with Gasteiger partial charge < -0.3 is 19.3 Å². The fraction of sp³-hybridized carbons (Fsp3) is 0.167. The van der Waals surface area contributed by atoms with E-state index < -0.39 is 0 Å². The normalized spacial score (nSPS) is 10.4. The van der Waals surface area contributed by atoms with Crippen LogP contribution in [0.5, 0.6) is 11.5 Å². The maximum Gasteiger partial charge on any atom is 0.252 e. The van der Waals surface area contributed by atoms with Gasteiger partial charge in [-0.05, 0) is 52.9 Å². The molecule has 1 aromatic heterocycles. The number of hydrogen-bond acceptors (Lipinski definition) is 6. The number of nitrogens with zero attached hydrogens (tertiary/aromatic N) is 2. The zero-order valence-corrected chi connectivity index (χ0v) is 16.3. The molecule has 0 fully saturated rings. The predicted octanol–water partition coefficient (Wildman–Crippen LogP) is 3.29. The molecule has 0 aliphatic carbocycles. The van der Waals surface area contributed by atoms with Crippen molar-refractivity contribution in [3.63, 3.8) is 0 Å². The molecule has 3 rings (SSSR count). The molecule has 0 radical (unpaired) electrons. The summed E-state index contributed by atoms with van der Waals surface area (Å²) in [7, 11) is 3.13. The molecular weight excluding hydrogens is 449 g/mol. The van der Waals surface area contributed by atoms with E-state index in [9.17, 15) is 4.79 Å². The Labute approximate surface area is 163 Å². The fourth-order valence-corrected chi connectivity index (χ4v) is 2.95. The smallest absolute Gasteiger partial charge is 0.252 e. The fourth-order valence-electron chi connectivity index (χ4n) is 2.32. The number of methoxy groups -OCH3 is 2. The lowest BCUT2D eigenvalue weighted by Gasteiger charge is -2.07. The largest absolute Gasteiger partial charge is 0.493 e. The Bertz CT molecular complexity index is 926. The number of ether oxygens (including phenoxy) is 2. The van der Waals surface area contributed by atoms with Gasteiger partial charge in [-0.25, -0.2) is 0 Å². The summed E-state index contributed by atoms with van der Waals surface area (Å²) in [5, 5.41) is 6.73. The maximum atomic E-state index is 12.2. The standard InChI is InChI=1S/C18H16IN3O4/c1-24-14-8-7-11(9-15(14)25-2)17-21-16(26-22-17)10-20-18(23)12-5-3-4-6-13(12)19/h3-9H,10H2,1-2H3,(H,20,23). The summed E-state index contributed by atoms with van der Waals surface area (Å²) in [5.74, 6) is 1.72. The van der Waals surface area contributed by atoms with Gasteiger partial charge in [-0.3, -0.25) is 4.79 Å². The van der Waals surface area contributed by atoms with E-state index in [4.69, 9.17) is 14.0 Å². The molecule has 8 heteroatoms. The minimum atomic E-state index is -0.194. The van der Waals surface area contributed by atoms with Gasteiger partial charge in [-0.2, -0.15) is 4.98 Å². The van der Waals surface area contributed by atoms with Crippen LogP contribution in [0, 0.1) is 3.57 Å². The SMILES string of the molecule is COc1ccc(-c2noc(CNC(=O)c3ccccc3I)n2)cc1OC. The van der Waals surface area contributed by atoms with Crippen molar-refractivity contribution in [2.24, 2.45) is 0 Å². The van der Waals surface area contributed by atoms with Crippen LogP contribution in [0.15, 0.2) is 47.0 Å². The molecule has 3 aromatic rings. The lowest BCUT2D eigenvalue weighted by molar-refractivity contribution is 0.0945. The van der Waals surface area contributed by atoms with Crippen molar-refractivity contribution < 1.29 is 18.8 Å². The minimum absolute atomic E-state index is 0.143. The van der Waals surface area contributed by atoms with Crippen LogP contribution in [0.1, 0.15) is 16.2 Å². The van der Waals surface area contributed by atoms with Gasteiger partial charge in [-0.1, -0.05) is 17.3 Å². The Morgan fingerprint density at radius 2 is 1.92 bits per heavy atom. The zero-order chi connectivity index (χ0) is 18.5. The van der Waals surface area contributed by atoms with Crippen LogP contribution in [0.4, 0.5) is 0 Å². The van der Waals surface area contributed by atoms with Crippen molar-refractivity contribution in [1.82, 2.24) is 15.5 Å². The molecule has 0 spiro atoms. The number of carbonyl (C=O) groups excluding carboxylic acids is 1. The predicted molar refractivity (Wildman–Crippen MR) is 103 cm³/mol. The molecule has 1 heterocycles. The summed E-state index contributed by atoms with van der Waals surface area (Å²) in [6.45, 7) is 0.143. The Kier molecular flexibility index (Phi) is 5.71. The summed E-state index contributed by atoms with van der Waals surface area (Å²) in [4.78, 5) is 16.5. The van der Waals surface area contributed by atoms with Crippen LogP contribution < -0.4 is 14.8 Å². The monoisotopic (exact) mass is 465 g/mol. The lowest BCUT2D eigenvalue weighted by atomic mass is 10.2. The number of carbonyl (C=O) groups is 1. The first-order chi connectivity index (χ1) is 12.6. The lowest BCUT2D eigenvalue weighted by Crippen LogP contribution is -2.23. The number of aromatic nitrogens is 2. The van der Waals surface area contributed by atoms with Gasteiger partial charge in [0.15, 0.2) is 11.5 Å². The first-order valence-electron chi connectivity index (χ1n) is 7.70. The molecule has 0 aliphatic rings. The van der Waals surface area contributed by atoms with E-state index in [0.29, 0.717) is 28.8 Å². The van der Waals surface area contributed by atoms with E-state index >= 15 is 0 Å². The van der Waals surface area contributed by atoms with E-state index in [1.807, 2.05) is 18.2 Å². The number of rotatable bonds is 6. The van der Waals surface area contributed by atoms with Crippen LogP contribution in [0.3, 0.4) is 0 Å². The van der Waals surface area contributed by atoms with Gasteiger partial charge in [-0.15, -0.1) is 0 Å². The second-order valence-corrected chi connectivity index (χ2v) is 6.41. The van der Waals surface area contributed by atoms with Crippen LogP contribution in [-0.2, 0) is 6.54 Å². The van der Waals surface area contributed by atoms with Crippen molar-refractivity contribution >= 4 is 28.5 Å². The molecular formula is C18H16IN3O4. The maximum absolute atomic E-state index is 12.2. The summed E-state index contributed by atoms with van der Waals surface area (Å²) in [6, 6.07) is 12.7. The molecule has 0 unspecified atom stereocenters. The van der Waals surface area contributed by atoms with Crippen LogP contribution >= 0.6 is 22.6 Å². The number of amides is 1. The third kappa shape index (κ3) is 3.96. The van der Waals surface area contributed by atoms with Gasteiger partial charge in [0.25, 0.3) is 5.91 Å². The number of benzene rings is 2. The highest BCUT2D eigenvalue weighted by molar-refractivity contribution is 14.1. The van der Waals surface area contributed by atoms with Crippen molar-refractivity contribution in [3.05, 3.63) is 57.5 Å². The van der Waals surface area contributed by atoms with E-state index in [1.165, 1.54) is 0 Å². The van der Waals surface area contributed by atoms with E-state index in [1.54, 1.807) is 38.5 Å². The highest BCUT2D eigenvalue weighted by atomic mass is 127. The van der Waals surface area contributed by atoms with Crippen molar-refractivity contribution in [2.45, 2.75) is 6.54 Å². The molecule has 26 heavy (non-hydrogen) atoms. The summed E-state index contributed by atoms with van der Waals surface area (Å²) in [6.07, 6.45) is 0. The highest BCUT2D eigenvalue weighted by Crippen LogP contribution is 2.31. The quantitative estimate of drug-likeness (QED) is 0.563. The second kappa shape index (κ2) is 8.17. The topological polar surface area (TPSA) is 86.5 Å². The molecule has 0 bridgehead atoms. The summed E-state index contributed by atoms with van der Waals surface area (Å²) >= 11 is 2.12. The molecule has 2 aromatic carbocycles. The van der Waals surface area contributed by atoms with Gasteiger partial charge in [0.05, 0.1) is 26.3 Å². The molecule has 1 N–H and O–H groups in total. The Balaban J connectivity index is 1.70. The van der Waals surface area contributed by atoms with Gasteiger partial charge in [0, 0.05) is 9.13 Å². The molecule has 0 saturated heterocycles. The van der Waals surface area contributed by atoms with Crippen molar-refractivity contribution in [1.29, 1.82) is 0 Å². The van der Waals surface area contributed by atoms with Crippen LogP contribution in [-0.4, -0.2) is 30.3 Å². The highest BCUT2D eigenvalue weighted by Gasteiger charge is 2.14. The van der Waals surface area contributed by atoms with E-state index in [0.717, 1.165) is 9.13 Å². The van der Waals surface area contributed by atoms with Crippen molar-refractivity contribution in [2.75, 3.05) is 14.2 Å². The molecule has 1 amide bonds. The molecule has 7 nitrogen and oxygen atoms in total. The third-order valence-corrected chi connectivity index (χ3v) is 4.57. The van der Waals surface area contributed by atoms with Gasteiger partial charge in [0.2, 0.25) is 11.7 Å². The second-order valence-electron chi connectivity index (χ2n) is 5.24. The average Bonchev–Trinajstić information content (AvgIpc) is 3.15. The zero-order valence-electron chi connectivity index (χ0n) is 14.2. The summed E-state index contributed by atoms with van der Waals surface area (Å²) < 4.78 is 16.6. The number of hydrogen-bond donors (Lipinski definition) is 1. The first kappa shape index (κ1) is 18.2. The van der Waals surface area contributed by atoms with Crippen LogP contribution in [0.2, 0.25) is 0 Å². The number of halogens is 1. The third-order valence-electron chi connectivity index (χ3n) is 3.63. The molecule has 134 valence electrons. The first-order valence-corrected chi connectivity index (χ1v) is 8.78. The Morgan fingerprint density at radius 1 is 1.15 bits per heavy atom. The van der Waals surface area contributed by atoms with Gasteiger partial charge in [0.1, 0.15) is 0 Å². The number of nitrogens with one attached hydrogen (secondary N) is 1. The minimum Gasteiger partial charge on any atom is -0.493 e. The van der Waals surface area contributed by atoms with E-state index in [-0.39, 0.29) is 12.5 Å². The Morgan fingerprint density at radius 3 is 2.65 bits per heavy atom.